The molecule has 1 aliphatic carbocycles. The maximum absolute atomic E-state index is 14.6. The van der Waals surface area contributed by atoms with Crippen molar-refractivity contribution in [2.45, 2.75) is 37.5 Å². The van der Waals surface area contributed by atoms with E-state index in [0.29, 0.717) is 18.9 Å². The van der Waals surface area contributed by atoms with Crippen molar-refractivity contribution in [2.75, 3.05) is 11.9 Å². The lowest BCUT2D eigenvalue weighted by Gasteiger charge is -2.21. The van der Waals surface area contributed by atoms with Crippen molar-refractivity contribution < 1.29 is 22.7 Å². The van der Waals surface area contributed by atoms with E-state index >= 15 is 0 Å². The largest absolute Gasteiger partial charge is 0.419 e. The summed E-state index contributed by atoms with van der Waals surface area (Å²) < 4.78 is 56.2. The molecule has 4 rings (SSSR count). The average Bonchev–Trinajstić information content (AvgIpc) is 3.52. The van der Waals surface area contributed by atoms with Gasteiger partial charge in [-0.1, -0.05) is 12.1 Å². The zero-order chi connectivity index (χ0) is 23.4. The van der Waals surface area contributed by atoms with Gasteiger partial charge in [-0.3, -0.25) is 9.59 Å². The van der Waals surface area contributed by atoms with Gasteiger partial charge in [0.2, 0.25) is 0 Å². The molecule has 1 atom stereocenters. The monoisotopic (exact) mass is 452 g/mol. The first-order valence-corrected chi connectivity index (χ1v) is 9.86. The highest BCUT2D eigenvalue weighted by atomic mass is 19.4. The van der Waals surface area contributed by atoms with Crippen LogP contribution in [0.3, 0.4) is 0 Å². The van der Waals surface area contributed by atoms with E-state index in [0.717, 1.165) is 16.8 Å². The van der Waals surface area contributed by atoms with Crippen LogP contribution in [0.25, 0.3) is 10.8 Å². The van der Waals surface area contributed by atoms with Gasteiger partial charge in [0.1, 0.15) is 5.82 Å². The van der Waals surface area contributed by atoms with Gasteiger partial charge in [0.15, 0.2) is 5.82 Å². The molecule has 2 N–H and O–H groups in total. The number of aryl methyl sites for hydroxylation is 1. The van der Waals surface area contributed by atoms with Crippen LogP contribution in [-0.4, -0.2) is 26.1 Å². The molecule has 0 aliphatic heterocycles. The van der Waals surface area contributed by atoms with Gasteiger partial charge in [0.05, 0.1) is 29.1 Å². The normalized spacial score (nSPS) is 16.2. The minimum atomic E-state index is -4.85. The van der Waals surface area contributed by atoms with Gasteiger partial charge >= 0.3 is 6.18 Å². The zero-order valence-corrected chi connectivity index (χ0v) is 17.2. The minimum Gasteiger partial charge on any atom is -0.394 e. The fraction of sp³-hybridized carbons (Fsp3) is 0.381. The molecule has 0 spiro atoms. The lowest BCUT2D eigenvalue weighted by molar-refractivity contribution is -0.140. The number of rotatable bonds is 5. The fourth-order valence-corrected chi connectivity index (χ4v) is 3.81. The van der Waals surface area contributed by atoms with E-state index in [9.17, 15) is 32.3 Å². The Hall–Kier alpha value is -3.21. The molecule has 170 valence electrons. The van der Waals surface area contributed by atoms with Crippen LogP contribution < -0.4 is 16.4 Å². The minimum absolute atomic E-state index is 0.0525. The highest BCUT2D eigenvalue weighted by Gasteiger charge is 2.45. The van der Waals surface area contributed by atoms with E-state index in [1.165, 1.54) is 30.8 Å². The third-order valence-corrected chi connectivity index (χ3v) is 5.87. The van der Waals surface area contributed by atoms with Crippen molar-refractivity contribution in [2.24, 2.45) is 7.05 Å². The number of halogens is 4. The Kier molecular flexibility index (Phi) is 5.11. The van der Waals surface area contributed by atoms with Crippen LogP contribution in [0, 0.1) is 5.82 Å². The number of nitrogens with one attached hydrogen (secondary N) is 1. The smallest absolute Gasteiger partial charge is 0.394 e. The van der Waals surface area contributed by atoms with Crippen LogP contribution in [0.5, 0.6) is 0 Å². The maximum Gasteiger partial charge on any atom is 0.419 e. The van der Waals surface area contributed by atoms with Crippen LogP contribution in [0.2, 0.25) is 0 Å². The topological polar surface area (TPSA) is 89.2 Å². The van der Waals surface area contributed by atoms with Crippen LogP contribution in [0.15, 0.2) is 40.1 Å². The molecule has 1 saturated carbocycles. The molecule has 0 unspecified atom stereocenters. The van der Waals surface area contributed by atoms with Crippen molar-refractivity contribution >= 4 is 16.6 Å². The molecule has 11 heteroatoms. The summed E-state index contributed by atoms with van der Waals surface area (Å²) in [5.74, 6) is -1.31. The van der Waals surface area contributed by atoms with Gasteiger partial charge in [-0.05, 0) is 25.8 Å². The first kappa shape index (κ1) is 22.0. The highest BCUT2D eigenvalue weighted by molar-refractivity contribution is 5.90. The molecule has 7 nitrogen and oxygen atoms in total. The number of aliphatic hydroxyl groups excluding tert-OH is 1. The van der Waals surface area contributed by atoms with E-state index in [-0.39, 0.29) is 28.8 Å². The number of anilines is 1. The molecule has 32 heavy (non-hydrogen) atoms. The number of benzene rings is 1. The molecule has 0 saturated heterocycles. The van der Waals surface area contributed by atoms with Crippen LogP contribution in [-0.2, 0) is 18.8 Å². The molecular formula is C21H20F4N4O3. The summed E-state index contributed by atoms with van der Waals surface area (Å²) in [4.78, 5) is 25.1. The summed E-state index contributed by atoms with van der Waals surface area (Å²) in [5.41, 5.74) is -3.36. The molecule has 0 radical (unpaired) electrons. The predicted octanol–water partition coefficient (Wildman–Crippen LogP) is 2.91. The number of hydrogen-bond acceptors (Lipinski definition) is 5. The number of pyridine rings is 1. The summed E-state index contributed by atoms with van der Waals surface area (Å²) in [5, 5.41) is 17.0. The number of alkyl halides is 3. The number of fused-ring (bicyclic) bond motifs is 1. The van der Waals surface area contributed by atoms with E-state index in [1.54, 1.807) is 0 Å². The Morgan fingerprint density at radius 3 is 2.53 bits per heavy atom. The first-order valence-electron chi connectivity index (χ1n) is 9.86. The number of aromatic nitrogens is 3. The second-order valence-electron chi connectivity index (χ2n) is 8.04. The van der Waals surface area contributed by atoms with Gasteiger partial charge < -0.3 is 15.0 Å². The highest BCUT2D eigenvalue weighted by Crippen LogP contribution is 2.42. The molecule has 3 aromatic rings. The Bertz CT molecular complexity index is 1330. The molecule has 1 aliphatic rings. The molecule has 0 amide bonds. The Morgan fingerprint density at radius 2 is 1.94 bits per heavy atom. The lowest BCUT2D eigenvalue weighted by Crippen LogP contribution is -2.33. The molecule has 0 bridgehead atoms. The van der Waals surface area contributed by atoms with Crippen molar-refractivity contribution in [3.05, 3.63) is 68.1 Å². The number of nitrogens with zero attached hydrogens (tertiary/aromatic N) is 3. The van der Waals surface area contributed by atoms with Gasteiger partial charge in [0.25, 0.3) is 11.1 Å². The van der Waals surface area contributed by atoms with Crippen LogP contribution in [0.4, 0.5) is 23.4 Å². The second kappa shape index (κ2) is 7.44. The quantitative estimate of drug-likeness (QED) is 0.582. The average molecular weight is 452 g/mol. The summed E-state index contributed by atoms with van der Waals surface area (Å²) >= 11 is 0. The molecule has 2 aromatic heterocycles. The van der Waals surface area contributed by atoms with E-state index in [4.69, 9.17) is 0 Å². The van der Waals surface area contributed by atoms with E-state index < -0.39 is 40.3 Å². The summed E-state index contributed by atoms with van der Waals surface area (Å²) in [6, 6.07) is 3.21. The van der Waals surface area contributed by atoms with Gasteiger partial charge in [-0.25, -0.2) is 9.07 Å². The predicted molar refractivity (Wildman–Crippen MR) is 109 cm³/mol. The number of aliphatic hydroxyl groups is 1. The fourth-order valence-electron chi connectivity index (χ4n) is 3.81. The van der Waals surface area contributed by atoms with E-state index in [1.807, 2.05) is 0 Å². The molecule has 2 heterocycles. The second-order valence-corrected chi connectivity index (χ2v) is 8.04. The van der Waals surface area contributed by atoms with Crippen molar-refractivity contribution in [1.82, 2.24) is 14.3 Å². The zero-order valence-electron chi connectivity index (χ0n) is 17.2. The van der Waals surface area contributed by atoms with E-state index in [2.05, 4.69) is 10.4 Å². The number of hydrogen-bond donors (Lipinski definition) is 2. The molecular weight excluding hydrogens is 432 g/mol. The van der Waals surface area contributed by atoms with Crippen molar-refractivity contribution in [1.29, 1.82) is 0 Å². The van der Waals surface area contributed by atoms with Crippen molar-refractivity contribution in [3.63, 3.8) is 0 Å². The van der Waals surface area contributed by atoms with Crippen molar-refractivity contribution in [3.8, 4) is 0 Å². The summed E-state index contributed by atoms with van der Waals surface area (Å²) in [6.07, 6.45) is -2.27. The summed E-state index contributed by atoms with van der Waals surface area (Å²) in [7, 11) is 1.37. The Morgan fingerprint density at radius 1 is 1.25 bits per heavy atom. The van der Waals surface area contributed by atoms with Crippen LogP contribution in [0.1, 0.15) is 36.9 Å². The standard InChI is InChI=1S/C21H20F4N4O3/c1-11(12-4-3-5-15(17(12)22)21(23,24)25)26-18-14-9-29(20(10-30)6-7-20)16(31)8-13(14)19(32)28(2)27-18/h3-5,8-9,11,30H,6-7,10H2,1-2H3,(H,26,27)/t11-/m1/s1. The van der Waals surface area contributed by atoms with Gasteiger partial charge in [-0.2, -0.15) is 18.3 Å². The summed E-state index contributed by atoms with van der Waals surface area (Å²) in [6.45, 7) is 1.20. The third-order valence-electron chi connectivity index (χ3n) is 5.87. The SMILES string of the molecule is C[C@@H](Nc1nn(C)c(=O)c2cc(=O)n(C3(CO)CC3)cc12)c1cccc(C(F)(F)F)c1F. The molecule has 1 fully saturated rings. The Balaban J connectivity index is 1.83. The third kappa shape index (κ3) is 3.56. The maximum atomic E-state index is 14.6. The van der Waals surface area contributed by atoms with Gasteiger partial charge in [-0.15, -0.1) is 0 Å². The first-order chi connectivity index (χ1) is 15.0. The lowest BCUT2D eigenvalue weighted by atomic mass is 10.0. The Labute approximate surface area is 178 Å². The van der Waals surface area contributed by atoms with Crippen LogP contribution >= 0.6 is 0 Å². The molecule has 1 aromatic carbocycles. The van der Waals surface area contributed by atoms with Gasteiger partial charge in [0, 0.05) is 30.3 Å².